The molecule has 0 aliphatic rings. The Bertz CT molecular complexity index is 579. The van der Waals surface area contributed by atoms with E-state index in [1.54, 1.807) is 12.1 Å². The second kappa shape index (κ2) is 4.68. The van der Waals surface area contributed by atoms with Crippen LogP contribution in [0.2, 0.25) is 0 Å². The third-order valence-electron chi connectivity index (χ3n) is 2.26. The molecule has 0 atom stereocenters. The quantitative estimate of drug-likeness (QED) is 0.757. The number of nitrogens with zero attached hydrogens (tertiary/aromatic N) is 1. The standard InChI is InChI=1S/C13H10F3NO/c1-7-3-8(2)5-9(4-7)18-13-11(15)6-10(14)12(16)17-13/h3-6H,1-2H3. The van der Waals surface area contributed by atoms with Gasteiger partial charge >= 0.3 is 0 Å². The van der Waals surface area contributed by atoms with Crippen molar-refractivity contribution in [3.63, 3.8) is 0 Å². The van der Waals surface area contributed by atoms with E-state index >= 15 is 0 Å². The molecule has 0 amide bonds. The molecular formula is C13H10F3NO. The van der Waals surface area contributed by atoms with Gasteiger partial charge in [-0.15, -0.1) is 0 Å². The van der Waals surface area contributed by atoms with Crippen molar-refractivity contribution in [3.05, 3.63) is 53.0 Å². The molecule has 0 aliphatic carbocycles. The van der Waals surface area contributed by atoms with Crippen LogP contribution in [0.3, 0.4) is 0 Å². The number of aromatic nitrogens is 1. The van der Waals surface area contributed by atoms with Crippen LogP contribution in [-0.2, 0) is 0 Å². The Morgan fingerprint density at radius 1 is 0.889 bits per heavy atom. The van der Waals surface area contributed by atoms with Gasteiger partial charge in [-0.05, 0) is 37.1 Å². The van der Waals surface area contributed by atoms with E-state index in [9.17, 15) is 13.2 Å². The Morgan fingerprint density at radius 3 is 2.11 bits per heavy atom. The maximum atomic E-state index is 13.3. The Kier molecular flexibility index (Phi) is 3.23. The molecule has 0 bridgehead atoms. The highest BCUT2D eigenvalue weighted by Gasteiger charge is 2.13. The normalized spacial score (nSPS) is 10.5. The van der Waals surface area contributed by atoms with Gasteiger partial charge in [0.25, 0.3) is 11.8 Å². The zero-order valence-corrected chi connectivity index (χ0v) is 9.80. The van der Waals surface area contributed by atoms with Crippen LogP contribution >= 0.6 is 0 Å². The predicted molar refractivity (Wildman–Crippen MR) is 60.1 cm³/mol. The fourth-order valence-electron chi connectivity index (χ4n) is 1.60. The molecule has 94 valence electrons. The largest absolute Gasteiger partial charge is 0.436 e. The fourth-order valence-corrected chi connectivity index (χ4v) is 1.60. The molecule has 2 aromatic rings. The SMILES string of the molecule is Cc1cc(C)cc(Oc2nc(F)c(F)cc2F)c1. The van der Waals surface area contributed by atoms with Gasteiger partial charge in [0, 0.05) is 6.07 Å². The average Bonchev–Trinajstić information content (AvgIpc) is 2.24. The van der Waals surface area contributed by atoms with Crippen LogP contribution < -0.4 is 4.74 Å². The van der Waals surface area contributed by atoms with E-state index in [0.29, 0.717) is 11.8 Å². The van der Waals surface area contributed by atoms with Crippen LogP contribution in [0.1, 0.15) is 11.1 Å². The molecule has 0 saturated carbocycles. The number of hydrogen-bond donors (Lipinski definition) is 0. The van der Waals surface area contributed by atoms with Crippen molar-refractivity contribution < 1.29 is 17.9 Å². The van der Waals surface area contributed by atoms with Crippen molar-refractivity contribution in [2.24, 2.45) is 0 Å². The maximum absolute atomic E-state index is 13.3. The van der Waals surface area contributed by atoms with E-state index in [-0.39, 0.29) is 0 Å². The Morgan fingerprint density at radius 2 is 1.50 bits per heavy atom. The number of aryl methyl sites for hydroxylation is 2. The number of benzene rings is 1. The minimum Gasteiger partial charge on any atom is -0.436 e. The van der Waals surface area contributed by atoms with Gasteiger partial charge in [0.05, 0.1) is 0 Å². The predicted octanol–water partition coefficient (Wildman–Crippen LogP) is 3.91. The average molecular weight is 253 g/mol. The number of ether oxygens (including phenoxy) is 1. The topological polar surface area (TPSA) is 22.1 Å². The zero-order chi connectivity index (χ0) is 13.3. The van der Waals surface area contributed by atoms with Crippen molar-refractivity contribution in [1.82, 2.24) is 4.98 Å². The smallest absolute Gasteiger partial charge is 0.258 e. The zero-order valence-electron chi connectivity index (χ0n) is 9.80. The highest BCUT2D eigenvalue weighted by atomic mass is 19.2. The summed E-state index contributed by atoms with van der Waals surface area (Å²) in [5.41, 5.74) is 1.82. The lowest BCUT2D eigenvalue weighted by molar-refractivity contribution is 0.387. The molecule has 2 nitrogen and oxygen atoms in total. The summed E-state index contributed by atoms with van der Waals surface area (Å²) in [6.07, 6.45) is 0. The summed E-state index contributed by atoms with van der Waals surface area (Å²) in [5.74, 6) is -4.05. The van der Waals surface area contributed by atoms with Crippen molar-refractivity contribution in [2.75, 3.05) is 0 Å². The van der Waals surface area contributed by atoms with E-state index in [1.165, 1.54) is 0 Å². The van der Waals surface area contributed by atoms with Gasteiger partial charge in [-0.25, -0.2) is 8.78 Å². The lowest BCUT2D eigenvalue weighted by atomic mass is 10.1. The van der Waals surface area contributed by atoms with Gasteiger partial charge in [-0.2, -0.15) is 9.37 Å². The summed E-state index contributed by atoms with van der Waals surface area (Å²) in [6, 6.07) is 5.60. The summed E-state index contributed by atoms with van der Waals surface area (Å²) in [4.78, 5) is 3.09. The monoisotopic (exact) mass is 253 g/mol. The van der Waals surface area contributed by atoms with Gasteiger partial charge in [-0.1, -0.05) is 6.07 Å². The lowest BCUT2D eigenvalue weighted by Gasteiger charge is -2.08. The fraction of sp³-hybridized carbons (Fsp3) is 0.154. The number of hydrogen-bond acceptors (Lipinski definition) is 2. The number of rotatable bonds is 2. The molecule has 1 aromatic carbocycles. The highest BCUT2D eigenvalue weighted by Crippen LogP contribution is 2.25. The van der Waals surface area contributed by atoms with Crippen LogP contribution in [0.25, 0.3) is 0 Å². The van der Waals surface area contributed by atoms with Crippen molar-refractivity contribution in [1.29, 1.82) is 0 Å². The number of halogens is 3. The molecule has 0 radical (unpaired) electrons. The van der Waals surface area contributed by atoms with E-state index in [1.807, 2.05) is 19.9 Å². The molecule has 0 N–H and O–H groups in total. The van der Waals surface area contributed by atoms with Crippen LogP contribution in [0.5, 0.6) is 11.6 Å². The maximum Gasteiger partial charge on any atom is 0.258 e. The molecule has 1 aromatic heterocycles. The Labute approximate surface area is 102 Å². The minimum atomic E-state index is -1.39. The molecular weight excluding hydrogens is 243 g/mol. The van der Waals surface area contributed by atoms with Gasteiger partial charge < -0.3 is 4.74 Å². The van der Waals surface area contributed by atoms with Crippen LogP contribution in [0.4, 0.5) is 13.2 Å². The third kappa shape index (κ3) is 2.61. The molecule has 2 rings (SSSR count). The lowest BCUT2D eigenvalue weighted by Crippen LogP contribution is -1.98. The number of pyridine rings is 1. The Balaban J connectivity index is 2.36. The first-order chi connectivity index (χ1) is 8.45. The van der Waals surface area contributed by atoms with Crippen molar-refractivity contribution >= 4 is 0 Å². The first kappa shape index (κ1) is 12.4. The van der Waals surface area contributed by atoms with E-state index in [4.69, 9.17) is 4.74 Å². The van der Waals surface area contributed by atoms with Gasteiger partial charge in [0.2, 0.25) is 0 Å². The first-order valence-corrected chi connectivity index (χ1v) is 5.23. The second-order valence-electron chi connectivity index (χ2n) is 3.97. The van der Waals surface area contributed by atoms with Crippen molar-refractivity contribution in [3.8, 4) is 11.6 Å². The molecule has 0 saturated heterocycles. The minimum absolute atomic E-state index is 0.324. The van der Waals surface area contributed by atoms with Crippen LogP contribution in [-0.4, -0.2) is 4.98 Å². The molecule has 5 heteroatoms. The molecule has 0 aliphatic heterocycles. The van der Waals surface area contributed by atoms with Gasteiger partial charge in [0.1, 0.15) is 5.75 Å². The molecule has 18 heavy (non-hydrogen) atoms. The summed E-state index contributed by atoms with van der Waals surface area (Å²) in [5, 5.41) is 0. The summed E-state index contributed by atoms with van der Waals surface area (Å²) >= 11 is 0. The Hall–Kier alpha value is -2.04. The third-order valence-corrected chi connectivity index (χ3v) is 2.26. The summed E-state index contributed by atoms with van der Waals surface area (Å²) in [6.45, 7) is 3.68. The van der Waals surface area contributed by atoms with Crippen LogP contribution in [0.15, 0.2) is 24.3 Å². The van der Waals surface area contributed by atoms with E-state index in [0.717, 1.165) is 11.1 Å². The molecule has 1 heterocycles. The van der Waals surface area contributed by atoms with E-state index < -0.39 is 23.5 Å². The summed E-state index contributed by atoms with van der Waals surface area (Å²) in [7, 11) is 0. The summed E-state index contributed by atoms with van der Waals surface area (Å²) < 4.78 is 44.0. The van der Waals surface area contributed by atoms with E-state index in [2.05, 4.69) is 4.98 Å². The first-order valence-electron chi connectivity index (χ1n) is 5.23. The molecule has 0 spiro atoms. The highest BCUT2D eigenvalue weighted by molar-refractivity contribution is 5.35. The molecule has 0 unspecified atom stereocenters. The molecule has 0 fully saturated rings. The van der Waals surface area contributed by atoms with Crippen molar-refractivity contribution in [2.45, 2.75) is 13.8 Å². The van der Waals surface area contributed by atoms with Crippen LogP contribution in [0, 0.1) is 31.4 Å². The second-order valence-corrected chi connectivity index (χ2v) is 3.97. The van der Waals surface area contributed by atoms with Gasteiger partial charge in [-0.3, -0.25) is 0 Å². The van der Waals surface area contributed by atoms with Gasteiger partial charge in [0.15, 0.2) is 11.6 Å².